The molecule has 0 heterocycles. The largest absolute Gasteiger partial charge is 0.497 e. The Labute approximate surface area is 73.0 Å². The van der Waals surface area contributed by atoms with Crippen molar-refractivity contribution in [2.75, 3.05) is 7.11 Å². The zero-order valence-electron chi connectivity index (χ0n) is 7.21. The van der Waals surface area contributed by atoms with Crippen LogP contribution in [-0.4, -0.2) is 7.11 Å². The summed E-state index contributed by atoms with van der Waals surface area (Å²) in [5.74, 6) is 0.857. The summed E-state index contributed by atoms with van der Waals surface area (Å²) in [7, 11) is 1.65. The summed E-state index contributed by atoms with van der Waals surface area (Å²) in [5.41, 5.74) is 2.00. The third kappa shape index (κ3) is 1.76. The second kappa shape index (κ2) is 3.77. The molecule has 0 N–H and O–H groups in total. The Balaban J connectivity index is 2.91. The molecule has 0 unspecified atom stereocenters. The molecule has 1 aromatic rings. The van der Waals surface area contributed by atoms with Crippen LogP contribution in [0.3, 0.4) is 0 Å². The number of hydrogen-bond donors (Lipinski definition) is 0. The molecular formula is C11H12O. The molecule has 0 fully saturated rings. The molecular weight excluding hydrogens is 148 g/mol. The Morgan fingerprint density at radius 2 is 1.92 bits per heavy atom. The monoisotopic (exact) mass is 160 g/mol. The minimum absolute atomic E-state index is 0.857. The van der Waals surface area contributed by atoms with E-state index in [1.54, 1.807) is 13.2 Å². The number of methoxy groups -OCH3 is 1. The highest BCUT2D eigenvalue weighted by molar-refractivity contribution is 5.71. The minimum atomic E-state index is 0.857. The summed E-state index contributed by atoms with van der Waals surface area (Å²) in [6, 6.07) is 7.74. The minimum Gasteiger partial charge on any atom is -0.497 e. The Kier molecular flexibility index (Phi) is 2.70. The van der Waals surface area contributed by atoms with Crippen molar-refractivity contribution in [3.63, 3.8) is 0 Å². The van der Waals surface area contributed by atoms with E-state index in [0.717, 1.165) is 16.9 Å². The van der Waals surface area contributed by atoms with Crippen molar-refractivity contribution in [1.82, 2.24) is 0 Å². The molecule has 0 aromatic heterocycles. The first-order valence-electron chi connectivity index (χ1n) is 3.73. The number of ether oxygens (including phenoxy) is 1. The first-order valence-corrected chi connectivity index (χ1v) is 3.73. The Morgan fingerprint density at radius 1 is 1.33 bits per heavy atom. The third-order valence-corrected chi connectivity index (χ3v) is 1.71. The highest BCUT2D eigenvalue weighted by Crippen LogP contribution is 2.17. The zero-order valence-corrected chi connectivity index (χ0v) is 7.21. The van der Waals surface area contributed by atoms with E-state index in [2.05, 4.69) is 13.2 Å². The first-order chi connectivity index (χ1) is 5.77. The maximum atomic E-state index is 5.03. The Morgan fingerprint density at radius 3 is 2.33 bits per heavy atom. The van der Waals surface area contributed by atoms with Crippen LogP contribution in [0.5, 0.6) is 5.75 Å². The molecule has 62 valence electrons. The summed E-state index contributed by atoms with van der Waals surface area (Å²) >= 11 is 0. The molecule has 0 bridgehead atoms. The lowest BCUT2D eigenvalue weighted by Crippen LogP contribution is -1.83. The standard InChI is InChI=1S/C11H12O/c1-4-9(2)10-5-7-11(12-3)8-6-10/h4-8H,1-2H2,3H3. The van der Waals surface area contributed by atoms with E-state index in [9.17, 15) is 0 Å². The van der Waals surface area contributed by atoms with Gasteiger partial charge in [-0.05, 0) is 23.3 Å². The van der Waals surface area contributed by atoms with Crippen molar-refractivity contribution >= 4 is 5.57 Å². The van der Waals surface area contributed by atoms with Gasteiger partial charge in [0.25, 0.3) is 0 Å². The fraction of sp³-hybridized carbons (Fsp3) is 0.0909. The molecule has 0 atom stereocenters. The van der Waals surface area contributed by atoms with Crippen molar-refractivity contribution in [3.8, 4) is 5.75 Å². The third-order valence-electron chi connectivity index (χ3n) is 1.71. The van der Waals surface area contributed by atoms with Gasteiger partial charge >= 0.3 is 0 Å². The number of hydrogen-bond acceptors (Lipinski definition) is 1. The molecule has 0 aliphatic carbocycles. The molecule has 12 heavy (non-hydrogen) atoms. The fourth-order valence-corrected chi connectivity index (χ4v) is 0.923. The molecule has 1 aromatic carbocycles. The molecule has 1 nitrogen and oxygen atoms in total. The molecule has 1 heteroatoms. The van der Waals surface area contributed by atoms with E-state index in [0.29, 0.717) is 0 Å². The van der Waals surface area contributed by atoms with Gasteiger partial charge in [-0.1, -0.05) is 31.4 Å². The average Bonchev–Trinajstić information content (AvgIpc) is 2.17. The highest BCUT2D eigenvalue weighted by atomic mass is 16.5. The molecule has 0 radical (unpaired) electrons. The quantitative estimate of drug-likeness (QED) is 0.618. The van der Waals surface area contributed by atoms with Gasteiger partial charge in [0, 0.05) is 0 Å². The van der Waals surface area contributed by atoms with E-state index >= 15 is 0 Å². The maximum Gasteiger partial charge on any atom is 0.118 e. The van der Waals surface area contributed by atoms with E-state index in [1.165, 1.54) is 0 Å². The normalized spacial score (nSPS) is 9.08. The smallest absolute Gasteiger partial charge is 0.118 e. The molecule has 0 amide bonds. The summed E-state index contributed by atoms with van der Waals surface area (Å²) in [5, 5.41) is 0. The van der Waals surface area contributed by atoms with Gasteiger partial charge in [-0.15, -0.1) is 0 Å². The van der Waals surface area contributed by atoms with Crippen LogP contribution in [0, 0.1) is 0 Å². The van der Waals surface area contributed by atoms with Crippen molar-refractivity contribution in [3.05, 3.63) is 49.1 Å². The SMILES string of the molecule is C=CC(=C)c1ccc(OC)cc1. The van der Waals surface area contributed by atoms with Gasteiger partial charge < -0.3 is 4.74 Å². The van der Waals surface area contributed by atoms with Crippen LogP contribution in [0.25, 0.3) is 5.57 Å². The molecule has 0 aliphatic rings. The van der Waals surface area contributed by atoms with Gasteiger partial charge in [0.1, 0.15) is 5.75 Å². The lowest BCUT2D eigenvalue weighted by molar-refractivity contribution is 0.415. The van der Waals surface area contributed by atoms with E-state index in [1.807, 2.05) is 24.3 Å². The molecule has 0 saturated carbocycles. The first kappa shape index (κ1) is 8.60. The van der Waals surface area contributed by atoms with E-state index in [4.69, 9.17) is 4.74 Å². The van der Waals surface area contributed by atoms with Gasteiger partial charge in [-0.2, -0.15) is 0 Å². The van der Waals surface area contributed by atoms with Crippen LogP contribution < -0.4 is 4.74 Å². The topological polar surface area (TPSA) is 9.23 Å². The summed E-state index contributed by atoms with van der Waals surface area (Å²) in [6.45, 7) is 7.49. The fourth-order valence-electron chi connectivity index (χ4n) is 0.923. The second-order valence-electron chi connectivity index (χ2n) is 2.46. The molecule has 0 aliphatic heterocycles. The maximum absolute atomic E-state index is 5.03. The van der Waals surface area contributed by atoms with Gasteiger partial charge in [0.15, 0.2) is 0 Å². The van der Waals surface area contributed by atoms with Crippen LogP contribution in [0.1, 0.15) is 5.56 Å². The van der Waals surface area contributed by atoms with Gasteiger partial charge in [0.2, 0.25) is 0 Å². The van der Waals surface area contributed by atoms with Crippen molar-refractivity contribution in [2.24, 2.45) is 0 Å². The summed E-state index contributed by atoms with van der Waals surface area (Å²) in [4.78, 5) is 0. The number of allylic oxidation sites excluding steroid dienone is 2. The number of benzene rings is 1. The lowest BCUT2D eigenvalue weighted by Gasteiger charge is -2.01. The predicted octanol–water partition coefficient (Wildman–Crippen LogP) is 2.89. The summed E-state index contributed by atoms with van der Waals surface area (Å²) < 4.78 is 5.03. The average molecular weight is 160 g/mol. The Hall–Kier alpha value is -1.50. The van der Waals surface area contributed by atoms with Gasteiger partial charge in [-0.25, -0.2) is 0 Å². The van der Waals surface area contributed by atoms with Crippen LogP contribution in [0.15, 0.2) is 43.5 Å². The molecule has 0 saturated heterocycles. The van der Waals surface area contributed by atoms with Crippen molar-refractivity contribution in [2.45, 2.75) is 0 Å². The molecule has 0 spiro atoms. The Bertz CT molecular complexity index is 282. The second-order valence-corrected chi connectivity index (χ2v) is 2.46. The predicted molar refractivity (Wildman–Crippen MR) is 52.2 cm³/mol. The van der Waals surface area contributed by atoms with Crippen LogP contribution in [-0.2, 0) is 0 Å². The molecule has 1 rings (SSSR count). The number of rotatable bonds is 3. The van der Waals surface area contributed by atoms with E-state index < -0.39 is 0 Å². The van der Waals surface area contributed by atoms with E-state index in [-0.39, 0.29) is 0 Å². The zero-order chi connectivity index (χ0) is 8.97. The lowest BCUT2D eigenvalue weighted by atomic mass is 10.1. The van der Waals surface area contributed by atoms with Crippen LogP contribution in [0.2, 0.25) is 0 Å². The van der Waals surface area contributed by atoms with Crippen LogP contribution in [0.4, 0.5) is 0 Å². The highest BCUT2D eigenvalue weighted by Gasteiger charge is 1.94. The van der Waals surface area contributed by atoms with Crippen molar-refractivity contribution < 1.29 is 4.74 Å². The van der Waals surface area contributed by atoms with Crippen molar-refractivity contribution in [1.29, 1.82) is 0 Å². The van der Waals surface area contributed by atoms with Crippen LogP contribution >= 0.6 is 0 Å². The van der Waals surface area contributed by atoms with Gasteiger partial charge in [-0.3, -0.25) is 0 Å². The van der Waals surface area contributed by atoms with Gasteiger partial charge in [0.05, 0.1) is 7.11 Å². The summed E-state index contributed by atoms with van der Waals surface area (Å²) in [6.07, 6.45) is 1.74.